The number of ether oxygens (including phenoxy) is 2. The second-order valence-electron chi connectivity index (χ2n) is 10.1. The molecule has 0 amide bonds. The summed E-state index contributed by atoms with van der Waals surface area (Å²) in [6, 6.07) is 18.4. The predicted molar refractivity (Wildman–Crippen MR) is 153 cm³/mol. The van der Waals surface area contributed by atoms with Crippen molar-refractivity contribution in [1.82, 2.24) is 14.9 Å². The number of nitrogens with zero attached hydrogens (tertiary/aromatic N) is 5. The maximum absolute atomic E-state index is 9.86. The van der Waals surface area contributed by atoms with Crippen LogP contribution in [0.4, 0.5) is 17.1 Å². The van der Waals surface area contributed by atoms with E-state index in [2.05, 4.69) is 37.2 Å². The van der Waals surface area contributed by atoms with Gasteiger partial charge in [-0.25, -0.2) is 0 Å². The summed E-state index contributed by atoms with van der Waals surface area (Å²) in [5.41, 5.74) is 3.90. The number of fused-ring (bicyclic) bond motifs is 1. The van der Waals surface area contributed by atoms with Crippen LogP contribution < -0.4 is 19.7 Å². The molecule has 8 nitrogen and oxygen atoms in total. The first-order valence-corrected chi connectivity index (χ1v) is 13.6. The van der Waals surface area contributed by atoms with Crippen LogP contribution in [0.25, 0.3) is 10.9 Å². The van der Waals surface area contributed by atoms with Crippen LogP contribution in [0.2, 0.25) is 0 Å². The van der Waals surface area contributed by atoms with Crippen molar-refractivity contribution in [2.24, 2.45) is 0 Å². The number of anilines is 3. The van der Waals surface area contributed by atoms with Gasteiger partial charge in [0.1, 0.15) is 23.3 Å². The van der Waals surface area contributed by atoms with Gasteiger partial charge in [-0.05, 0) is 87.3 Å². The normalized spacial score (nSPS) is 16.3. The number of rotatable bonds is 7. The maximum atomic E-state index is 9.86. The average molecular weight is 521 g/mol. The van der Waals surface area contributed by atoms with E-state index in [0.717, 1.165) is 54.0 Å². The fraction of sp³-hybridized carbons (Fsp3) is 0.323. The molecule has 4 aromatic rings. The second kappa shape index (κ2) is 11.2. The Kier molecular flexibility index (Phi) is 7.15. The van der Waals surface area contributed by atoms with Gasteiger partial charge in [0.15, 0.2) is 0 Å². The molecule has 198 valence electrons. The SMILES string of the molecule is COc1cc2c(Nc3ccc(Oc4cccnc4)cc3)c(C#N)cnc2cc1N1CCC(N2CCCC2)CC1. The smallest absolute Gasteiger partial charge is 0.145 e. The summed E-state index contributed by atoms with van der Waals surface area (Å²) in [5.74, 6) is 2.17. The average Bonchev–Trinajstić information content (AvgIpc) is 3.53. The third-order valence-corrected chi connectivity index (χ3v) is 7.75. The number of nitriles is 1. The van der Waals surface area contributed by atoms with Crippen LogP contribution in [0.5, 0.6) is 17.2 Å². The topological polar surface area (TPSA) is 86.5 Å². The second-order valence-corrected chi connectivity index (χ2v) is 10.1. The van der Waals surface area contributed by atoms with Gasteiger partial charge in [0.05, 0.1) is 35.8 Å². The van der Waals surface area contributed by atoms with Crippen molar-refractivity contribution in [2.75, 3.05) is 43.5 Å². The van der Waals surface area contributed by atoms with Crippen LogP contribution in [0.1, 0.15) is 31.2 Å². The molecule has 0 unspecified atom stereocenters. The monoisotopic (exact) mass is 520 g/mol. The number of benzene rings is 2. The molecular weight excluding hydrogens is 488 g/mol. The molecular formula is C31H32N6O2. The molecule has 0 atom stereocenters. The molecule has 0 spiro atoms. The van der Waals surface area contributed by atoms with Gasteiger partial charge in [0.2, 0.25) is 0 Å². The minimum absolute atomic E-state index is 0.472. The number of nitrogens with one attached hydrogen (secondary N) is 1. The van der Waals surface area contributed by atoms with Gasteiger partial charge in [-0.15, -0.1) is 0 Å². The van der Waals surface area contributed by atoms with E-state index < -0.39 is 0 Å². The van der Waals surface area contributed by atoms with Crippen LogP contribution in [0.3, 0.4) is 0 Å². The minimum atomic E-state index is 0.472. The number of piperidine rings is 1. The molecule has 2 aromatic carbocycles. The summed E-state index contributed by atoms with van der Waals surface area (Å²) in [7, 11) is 1.71. The van der Waals surface area contributed by atoms with E-state index in [4.69, 9.17) is 9.47 Å². The number of likely N-dealkylation sites (tertiary alicyclic amines) is 1. The van der Waals surface area contributed by atoms with Crippen molar-refractivity contribution in [3.8, 4) is 23.3 Å². The lowest BCUT2D eigenvalue weighted by Crippen LogP contribution is -2.44. The lowest BCUT2D eigenvalue weighted by atomic mass is 10.0. The zero-order chi connectivity index (χ0) is 26.6. The van der Waals surface area contributed by atoms with Crippen LogP contribution >= 0.6 is 0 Å². The lowest BCUT2D eigenvalue weighted by molar-refractivity contribution is 0.207. The summed E-state index contributed by atoms with van der Waals surface area (Å²) >= 11 is 0. The fourth-order valence-electron chi connectivity index (χ4n) is 5.71. The van der Waals surface area contributed by atoms with Crippen molar-refractivity contribution in [3.05, 3.63) is 72.7 Å². The zero-order valence-corrected chi connectivity index (χ0v) is 22.1. The van der Waals surface area contributed by atoms with E-state index in [1.165, 1.54) is 25.9 Å². The molecule has 2 fully saturated rings. The number of pyridine rings is 2. The minimum Gasteiger partial charge on any atom is -0.495 e. The van der Waals surface area contributed by atoms with E-state index in [0.29, 0.717) is 28.8 Å². The van der Waals surface area contributed by atoms with Crippen molar-refractivity contribution in [3.63, 3.8) is 0 Å². The summed E-state index contributed by atoms with van der Waals surface area (Å²) in [6.45, 7) is 4.48. The Balaban J connectivity index is 1.25. The van der Waals surface area contributed by atoms with Crippen molar-refractivity contribution < 1.29 is 9.47 Å². The van der Waals surface area contributed by atoms with Crippen molar-refractivity contribution in [2.45, 2.75) is 31.7 Å². The number of aromatic nitrogens is 2. The Morgan fingerprint density at radius 1 is 0.974 bits per heavy atom. The molecule has 0 radical (unpaired) electrons. The zero-order valence-electron chi connectivity index (χ0n) is 22.1. The largest absolute Gasteiger partial charge is 0.495 e. The van der Waals surface area contributed by atoms with Gasteiger partial charge in [-0.1, -0.05) is 0 Å². The molecule has 0 aliphatic carbocycles. The van der Waals surface area contributed by atoms with E-state index in [1.54, 1.807) is 25.7 Å². The maximum Gasteiger partial charge on any atom is 0.145 e. The van der Waals surface area contributed by atoms with Gasteiger partial charge in [0, 0.05) is 42.6 Å². The van der Waals surface area contributed by atoms with E-state index in [9.17, 15) is 5.26 Å². The summed E-state index contributed by atoms with van der Waals surface area (Å²) in [6.07, 6.45) is 10.0. The summed E-state index contributed by atoms with van der Waals surface area (Å²) in [4.78, 5) is 13.8. The standard InChI is InChI=1S/C31H32N6O2/c1-38-30-17-27-28(18-29(30)37-15-10-24(11-16-37)36-13-2-3-14-36)34-20-22(19-32)31(27)35-23-6-8-25(9-7-23)39-26-5-4-12-33-21-26/h4-9,12,17-18,20-21,24H,2-3,10-11,13-16H2,1H3,(H,34,35). The highest BCUT2D eigenvalue weighted by Gasteiger charge is 2.28. The highest BCUT2D eigenvalue weighted by atomic mass is 16.5. The quantitative estimate of drug-likeness (QED) is 0.312. The Morgan fingerprint density at radius 3 is 2.46 bits per heavy atom. The van der Waals surface area contributed by atoms with Crippen LogP contribution in [-0.2, 0) is 0 Å². The van der Waals surface area contributed by atoms with Gasteiger partial charge < -0.3 is 24.6 Å². The first-order valence-electron chi connectivity index (χ1n) is 13.6. The van der Waals surface area contributed by atoms with Crippen LogP contribution in [0, 0.1) is 11.3 Å². The summed E-state index contributed by atoms with van der Waals surface area (Å²) < 4.78 is 11.7. The van der Waals surface area contributed by atoms with Crippen LogP contribution in [-0.4, -0.2) is 54.2 Å². The number of hydrogen-bond donors (Lipinski definition) is 1. The van der Waals surface area contributed by atoms with E-state index >= 15 is 0 Å². The molecule has 2 saturated heterocycles. The van der Waals surface area contributed by atoms with Crippen molar-refractivity contribution in [1.29, 1.82) is 5.26 Å². The van der Waals surface area contributed by atoms with E-state index in [-0.39, 0.29) is 0 Å². The third kappa shape index (κ3) is 5.31. The molecule has 8 heteroatoms. The Morgan fingerprint density at radius 2 is 1.77 bits per heavy atom. The molecule has 2 aliphatic heterocycles. The molecule has 0 bridgehead atoms. The Bertz CT molecular complexity index is 1470. The van der Waals surface area contributed by atoms with Crippen LogP contribution in [0.15, 0.2) is 67.1 Å². The molecule has 2 aliphatic rings. The molecule has 1 N–H and O–H groups in total. The van der Waals surface area contributed by atoms with E-state index in [1.807, 2.05) is 42.5 Å². The first kappa shape index (κ1) is 25.0. The highest BCUT2D eigenvalue weighted by Crippen LogP contribution is 2.39. The molecule has 6 rings (SSSR count). The van der Waals surface area contributed by atoms with Gasteiger partial charge in [-0.3, -0.25) is 9.97 Å². The Labute approximate surface area is 228 Å². The molecule has 2 aromatic heterocycles. The fourth-order valence-corrected chi connectivity index (χ4v) is 5.71. The number of methoxy groups -OCH3 is 1. The predicted octanol–water partition coefficient (Wildman–Crippen LogP) is 6.11. The summed E-state index contributed by atoms with van der Waals surface area (Å²) in [5, 5.41) is 14.1. The molecule has 0 saturated carbocycles. The molecule has 4 heterocycles. The first-order chi connectivity index (χ1) is 19.2. The molecule has 39 heavy (non-hydrogen) atoms. The van der Waals surface area contributed by atoms with Crippen molar-refractivity contribution >= 4 is 28.0 Å². The van der Waals surface area contributed by atoms with Gasteiger partial charge in [-0.2, -0.15) is 5.26 Å². The number of hydrogen-bond acceptors (Lipinski definition) is 8. The van der Waals surface area contributed by atoms with Gasteiger partial charge in [0.25, 0.3) is 0 Å². The van der Waals surface area contributed by atoms with Gasteiger partial charge >= 0.3 is 0 Å². The highest BCUT2D eigenvalue weighted by molar-refractivity contribution is 5.99. The third-order valence-electron chi connectivity index (χ3n) is 7.75. The Hall–Kier alpha value is -4.35. The lowest BCUT2D eigenvalue weighted by Gasteiger charge is -2.38.